The minimum Gasteiger partial charge on any atom is -0.396 e. The second-order valence-electron chi connectivity index (χ2n) is 5.48. The standard InChI is InChI=1S/C15H24N2O/c1-16(2)15-8-9-17(11-14(15)12-18)10-13-6-4-3-5-7-13/h3-7,14-15,18H,8-12H2,1-2H3/t14-,15-/m1/s1. The molecule has 0 radical (unpaired) electrons. The fourth-order valence-corrected chi connectivity index (χ4v) is 2.94. The van der Waals surface area contributed by atoms with Crippen LogP contribution >= 0.6 is 0 Å². The van der Waals surface area contributed by atoms with Gasteiger partial charge in [0.25, 0.3) is 0 Å². The summed E-state index contributed by atoms with van der Waals surface area (Å²) in [7, 11) is 4.22. The van der Waals surface area contributed by atoms with Gasteiger partial charge in [0.15, 0.2) is 0 Å². The Hall–Kier alpha value is -0.900. The van der Waals surface area contributed by atoms with E-state index in [1.807, 2.05) is 0 Å². The summed E-state index contributed by atoms with van der Waals surface area (Å²) in [6.07, 6.45) is 1.14. The molecule has 0 unspecified atom stereocenters. The Bertz CT molecular complexity index is 353. The van der Waals surface area contributed by atoms with Crippen LogP contribution in [-0.4, -0.2) is 54.7 Å². The summed E-state index contributed by atoms with van der Waals surface area (Å²) in [5, 5.41) is 9.54. The van der Waals surface area contributed by atoms with Crippen molar-refractivity contribution in [1.82, 2.24) is 9.80 Å². The van der Waals surface area contributed by atoms with E-state index >= 15 is 0 Å². The highest BCUT2D eigenvalue weighted by Crippen LogP contribution is 2.21. The van der Waals surface area contributed by atoms with Gasteiger partial charge in [0, 0.05) is 31.7 Å². The maximum Gasteiger partial charge on any atom is 0.0486 e. The number of hydrogen-bond donors (Lipinski definition) is 1. The number of piperidine rings is 1. The fraction of sp³-hybridized carbons (Fsp3) is 0.600. The van der Waals surface area contributed by atoms with E-state index in [4.69, 9.17) is 0 Å². The van der Waals surface area contributed by atoms with Crippen molar-refractivity contribution in [2.75, 3.05) is 33.8 Å². The number of aliphatic hydroxyl groups excluding tert-OH is 1. The number of rotatable bonds is 4. The summed E-state index contributed by atoms with van der Waals surface area (Å²) >= 11 is 0. The van der Waals surface area contributed by atoms with Crippen LogP contribution in [0.25, 0.3) is 0 Å². The molecule has 0 bridgehead atoms. The first-order chi connectivity index (χ1) is 8.70. The van der Waals surface area contributed by atoms with E-state index in [0.29, 0.717) is 12.0 Å². The molecule has 0 spiro atoms. The second kappa shape index (κ2) is 6.32. The van der Waals surface area contributed by atoms with Gasteiger partial charge in [-0.25, -0.2) is 0 Å². The monoisotopic (exact) mass is 248 g/mol. The van der Waals surface area contributed by atoms with Gasteiger partial charge in [0.2, 0.25) is 0 Å². The number of nitrogens with zero attached hydrogens (tertiary/aromatic N) is 2. The molecule has 1 aliphatic rings. The van der Waals surface area contributed by atoms with Crippen molar-refractivity contribution in [1.29, 1.82) is 0 Å². The lowest BCUT2D eigenvalue weighted by atomic mass is 9.91. The van der Waals surface area contributed by atoms with Crippen molar-refractivity contribution >= 4 is 0 Å². The highest BCUT2D eigenvalue weighted by Gasteiger charge is 2.29. The van der Waals surface area contributed by atoms with E-state index < -0.39 is 0 Å². The van der Waals surface area contributed by atoms with Crippen LogP contribution in [0.2, 0.25) is 0 Å². The Kier molecular flexibility index (Phi) is 4.75. The smallest absolute Gasteiger partial charge is 0.0486 e. The largest absolute Gasteiger partial charge is 0.396 e. The fourth-order valence-electron chi connectivity index (χ4n) is 2.94. The summed E-state index contributed by atoms with van der Waals surface area (Å²) in [5.41, 5.74) is 1.36. The molecule has 1 aromatic rings. The van der Waals surface area contributed by atoms with Crippen LogP contribution in [0.15, 0.2) is 30.3 Å². The molecule has 0 aliphatic carbocycles. The SMILES string of the molecule is CN(C)[C@@H]1CCN(Cc2ccccc2)C[C@@H]1CO. The second-order valence-corrected chi connectivity index (χ2v) is 5.48. The molecular formula is C15H24N2O. The number of likely N-dealkylation sites (tertiary alicyclic amines) is 1. The molecule has 100 valence electrons. The van der Waals surface area contributed by atoms with E-state index in [-0.39, 0.29) is 6.61 Å². The molecule has 1 aliphatic heterocycles. The summed E-state index contributed by atoms with van der Waals surface area (Å²) in [4.78, 5) is 4.71. The lowest BCUT2D eigenvalue weighted by molar-refractivity contribution is 0.0454. The van der Waals surface area contributed by atoms with Crippen molar-refractivity contribution in [3.05, 3.63) is 35.9 Å². The molecule has 1 N–H and O–H groups in total. The molecule has 1 heterocycles. The van der Waals surface area contributed by atoms with E-state index in [9.17, 15) is 5.11 Å². The van der Waals surface area contributed by atoms with Crippen LogP contribution in [0, 0.1) is 5.92 Å². The zero-order valence-corrected chi connectivity index (χ0v) is 11.4. The molecule has 2 rings (SSSR count). The number of hydrogen-bond acceptors (Lipinski definition) is 3. The summed E-state index contributed by atoms with van der Waals surface area (Å²) in [6, 6.07) is 11.1. The minimum atomic E-state index is 0.286. The Balaban J connectivity index is 1.93. The average Bonchev–Trinajstić information content (AvgIpc) is 2.39. The maximum atomic E-state index is 9.54. The van der Waals surface area contributed by atoms with Crippen LogP contribution in [0.5, 0.6) is 0 Å². The van der Waals surface area contributed by atoms with Gasteiger partial charge in [-0.2, -0.15) is 0 Å². The van der Waals surface area contributed by atoms with Gasteiger partial charge >= 0.3 is 0 Å². The van der Waals surface area contributed by atoms with Crippen LogP contribution in [-0.2, 0) is 6.54 Å². The maximum absolute atomic E-state index is 9.54. The van der Waals surface area contributed by atoms with E-state index in [0.717, 1.165) is 26.1 Å². The molecule has 0 aromatic heterocycles. The van der Waals surface area contributed by atoms with Gasteiger partial charge in [-0.05, 0) is 32.6 Å². The topological polar surface area (TPSA) is 26.7 Å². The zero-order valence-electron chi connectivity index (χ0n) is 11.4. The number of benzene rings is 1. The first-order valence-corrected chi connectivity index (χ1v) is 6.74. The summed E-state index contributed by atoms with van der Waals surface area (Å²) in [6.45, 7) is 3.40. The van der Waals surface area contributed by atoms with Crippen molar-refractivity contribution in [3.8, 4) is 0 Å². The van der Waals surface area contributed by atoms with Crippen molar-refractivity contribution < 1.29 is 5.11 Å². The lowest BCUT2D eigenvalue weighted by Gasteiger charge is -2.40. The molecule has 1 fully saturated rings. The van der Waals surface area contributed by atoms with Crippen molar-refractivity contribution in [2.24, 2.45) is 5.92 Å². The third-order valence-corrected chi connectivity index (χ3v) is 3.92. The van der Waals surface area contributed by atoms with Gasteiger partial charge in [0.05, 0.1) is 0 Å². The minimum absolute atomic E-state index is 0.286. The number of aliphatic hydroxyl groups is 1. The van der Waals surface area contributed by atoms with Crippen LogP contribution in [0.1, 0.15) is 12.0 Å². The molecule has 2 atom stereocenters. The van der Waals surface area contributed by atoms with Crippen molar-refractivity contribution in [3.63, 3.8) is 0 Å². The first-order valence-electron chi connectivity index (χ1n) is 6.74. The molecule has 3 nitrogen and oxygen atoms in total. The third-order valence-electron chi connectivity index (χ3n) is 3.92. The van der Waals surface area contributed by atoms with Gasteiger partial charge in [0.1, 0.15) is 0 Å². The molecule has 18 heavy (non-hydrogen) atoms. The normalized spacial score (nSPS) is 25.6. The van der Waals surface area contributed by atoms with Crippen molar-refractivity contribution in [2.45, 2.75) is 19.0 Å². The van der Waals surface area contributed by atoms with E-state index in [1.54, 1.807) is 0 Å². The first kappa shape index (κ1) is 13.5. The lowest BCUT2D eigenvalue weighted by Crippen LogP contribution is -2.49. The van der Waals surface area contributed by atoms with E-state index in [2.05, 4.69) is 54.2 Å². The quantitative estimate of drug-likeness (QED) is 0.873. The molecule has 0 saturated carbocycles. The predicted molar refractivity (Wildman–Crippen MR) is 74.4 cm³/mol. The van der Waals surface area contributed by atoms with Gasteiger partial charge in [-0.1, -0.05) is 30.3 Å². The van der Waals surface area contributed by atoms with Gasteiger partial charge in [-0.15, -0.1) is 0 Å². The Morgan fingerprint density at radius 3 is 2.61 bits per heavy atom. The Labute approximate surface area is 110 Å². The van der Waals surface area contributed by atoms with E-state index in [1.165, 1.54) is 5.56 Å². The molecule has 0 amide bonds. The van der Waals surface area contributed by atoms with Crippen LogP contribution in [0.3, 0.4) is 0 Å². The third kappa shape index (κ3) is 3.31. The highest BCUT2D eigenvalue weighted by molar-refractivity contribution is 5.14. The molecule has 1 saturated heterocycles. The highest BCUT2D eigenvalue weighted by atomic mass is 16.3. The molecule has 3 heteroatoms. The average molecular weight is 248 g/mol. The Morgan fingerprint density at radius 2 is 2.00 bits per heavy atom. The molecular weight excluding hydrogens is 224 g/mol. The zero-order chi connectivity index (χ0) is 13.0. The van der Waals surface area contributed by atoms with Crippen LogP contribution < -0.4 is 0 Å². The predicted octanol–water partition coefficient (Wildman–Crippen LogP) is 1.43. The van der Waals surface area contributed by atoms with Crippen LogP contribution in [0.4, 0.5) is 0 Å². The summed E-state index contributed by atoms with van der Waals surface area (Å²) in [5.74, 6) is 0.373. The Morgan fingerprint density at radius 1 is 1.28 bits per heavy atom. The van der Waals surface area contributed by atoms with Gasteiger partial charge < -0.3 is 10.0 Å². The summed E-state index contributed by atoms with van der Waals surface area (Å²) < 4.78 is 0. The molecule has 1 aromatic carbocycles. The van der Waals surface area contributed by atoms with Gasteiger partial charge in [-0.3, -0.25) is 4.90 Å².